The van der Waals surface area contributed by atoms with Gasteiger partial charge in [-0.1, -0.05) is 18.2 Å². The predicted molar refractivity (Wildman–Crippen MR) is 84.0 cm³/mol. The zero-order valence-corrected chi connectivity index (χ0v) is 13.0. The Morgan fingerprint density at radius 1 is 1.00 bits per heavy atom. The molecule has 0 atom stereocenters. The molecule has 0 bridgehead atoms. The molecule has 0 amide bonds. The van der Waals surface area contributed by atoms with Gasteiger partial charge >= 0.3 is 0 Å². The smallest absolute Gasteiger partial charge is 0.182 e. The van der Waals surface area contributed by atoms with Crippen LogP contribution in [-0.2, 0) is 7.05 Å². The number of hydrogen-bond donors (Lipinski definition) is 0. The molecule has 0 aliphatic rings. The van der Waals surface area contributed by atoms with E-state index in [0.717, 1.165) is 17.2 Å². The Balaban J connectivity index is 2.17. The van der Waals surface area contributed by atoms with E-state index in [1.165, 1.54) is 21.6 Å². The first kappa shape index (κ1) is 13.1. The van der Waals surface area contributed by atoms with Crippen molar-refractivity contribution in [1.82, 2.24) is 14.8 Å². The fraction of sp³-hybridized carbons (Fsp3) is 0.250. The van der Waals surface area contributed by atoms with Crippen molar-refractivity contribution in [3.63, 3.8) is 0 Å². The fourth-order valence-corrected chi connectivity index (χ4v) is 3.40. The summed E-state index contributed by atoms with van der Waals surface area (Å²) in [6, 6.07) is 8.40. The Kier molecular flexibility index (Phi) is 3.18. The van der Waals surface area contributed by atoms with Crippen LogP contribution in [0.2, 0.25) is 0 Å². The summed E-state index contributed by atoms with van der Waals surface area (Å²) >= 11 is 1.71. The number of benzene rings is 1. The van der Waals surface area contributed by atoms with Crippen LogP contribution in [0.3, 0.4) is 0 Å². The van der Waals surface area contributed by atoms with Crippen LogP contribution in [-0.4, -0.2) is 14.8 Å². The third-order valence-electron chi connectivity index (χ3n) is 3.53. The summed E-state index contributed by atoms with van der Waals surface area (Å²) in [7, 11) is 1.96. The van der Waals surface area contributed by atoms with Crippen LogP contribution < -0.4 is 0 Å². The largest absolute Gasteiger partial charge is 0.248 e. The average molecular weight is 283 g/mol. The molecule has 0 saturated carbocycles. The second-order valence-electron chi connectivity index (χ2n) is 5.08. The third-order valence-corrected chi connectivity index (χ3v) is 4.55. The Morgan fingerprint density at radius 3 is 2.30 bits per heavy atom. The van der Waals surface area contributed by atoms with E-state index in [1.54, 1.807) is 11.3 Å². The summed E-state index contributed by atoms with van der Waals surface area (Å²) in [5.74, 6) is 1.75. The standard InChI is InChI=1S/C16H17N3S/c1-10-6-5-7-11(2)13(10)15-17-16(19(4)18-15)14-12(3)8-9-20-14/h5-9H,1-4H3. The lowest BCUT2D eigenvalue weighted by atomic mass is 10.0. The maximum Gasteiger partial charge on any atom is 0.182 e. The maximum absolute atomic E-state index is 4.77. The van der Waals surface area contributed by atoms with Gasteiger partial charge in [-0.15, -0.1) is 11.3 Å². The van der Waals surface area contributed by atoms with E-state index in [9.17, 15) is 0 Å². The Bertz CT molecular complexity index is 748. The van der Waals surface area contributed by atoms with Crippen LogP contribution in [0.15, 0.2) is 29.6 Å². The Morgan fingerprint density at radius 2 is 1.70 bits per heavy atom. The molecule has 0 aliphatic heterocycles. The summed E-state index contributed by atoms with van der Waals surface area (Å²) in [5, 5.41) is 6.71. The van der Waals surface area contributed by atoms with Gasteiger partial charge in [0.15, 0.2) is 11.6 Å². The van der Waals surface area contributed by atoms with E-state index in [4.69, 9.17) is 4.98 Å². The summed E-state index contributed by atoms with van der Waals surface area (Å²) in [5.41, 5.74) is 4.82. The van der Waals surface area contributed by atoms with Crippen LogP contribution in [0.4, 0.5) is 0 Å². The third kappa shape index (κ3) is 2.06. The lowest BCUT2D eigenvalue weighted by Gasteiger charge is -2.04. The molecule has 2 aromatic heterocycles. The summed E-state index contributed by atoms with van der Waals surface area (Å²) in [4.78, 5) is 5.96. The molecule has 1 aromatic carbocycles. The molecule has 3 aromatic rings. The highest BCUT2D eigenvalue weighted by Crippen LogP contribution is 2.30. The average Bonchev–Trinajstić information content (AvgIpc) is 2.95. The van der Waals surface area contributed by atoms with Crippen molar-refractivity contribution in [3.8, 4) is 22.1 Å². The van der Waals surface area contributed by atoms with Crippen molar-refractivity contribution >= 4 is 11.3 Å². The quantitative estimate of drug-likeness (QED) is 0.708. The summed E-state index contributed by atoms with van der Waals surface area (Å²) in [6.45, 7) is 6.32. The monoisotopic (exact) mass is 283 g/mol. The van der Waals surface area contributed by atoms with Gasteiger partial charge in [0.25, 0.3) is 0 Å². The lowest BCUT2D eigenvalue weighted by Crippen LogP contribution is -1.94. The topological polar surface area (TPSA) is 30.7 Å². The number of aromatic nitrogens is 3. The highest BCUT2D eigenvalue weighted by atomic mass is 32.1. The van der Waals surface area contributed by atoms with Crippen molar-refractivity contribution < 1.29 is 0 Å². The van der Waals surface area contributed by atoms with Crippen molar-refractivity contribution in [2.24, 2.45) is 7.05 Å². The molecule has 0 N–H and O–H groups in total. The molecular weight excluding hydrogens is 266 g/mol. The summed E-state index contributed by atoms with van der Waals surface area (Å²) < 4.78 is 1.88. The number of hydrogen-bond acceptors (Lipinski definition) is 3. The highest BCUT2D eigenvalue weighted by Gasteiger charge is 2.16. The normalized spacial score (nSPS) is 11.0. The van der Waals surface area contributed by atoms with Gasteiger partial charge in [0.2, 0.25) is 0 Å². The van der Waals surface area contributed by atoms with Gasteiger partial charge < -0.3 is 0 Å². The Labute approximate surface area is 122 Å². The highest BCUT2D eigenvalue weighted by molar-refractivity contribution is 7.13. The molecule has 20 heavy (non-hydrogen) atoms. The zero-order chi connectivity index (χ0) is 14.3. The van der Waals surface area contributed by atoms with Crippen molar-refractivity contribution in [1.29, 1.82) is 0 Å². The number of rotatable bonds is 2. The first-order valence-electron chi connectivity index (χ1n) is 6.60. The molecule has 4 heteroatoms. The summed E-state index contributed by atoms with van der Waals surface area (Å²) in [6.07, 6.45) is 0. The molecule has 102 valence electrons. The maximum atomic E-state index is 4.77. The second-order valence-corrected chi connectivity index (χ2v) is 6.00. The van der Waals surface area contributed by atoms with E-state index >= 15 is 0 Å². The molecule has 2 heterocycles. The molecule has 0 aliphatic carbocycles. The van der Waals surface area contributed by atoms with Gasteiger partial charge in [0.05, 0.1) is 4.88 Å². The van der Waals surface area contributed by atoms with E-state index in [0.29, 0.717) is 0 Å². The van der Waals surface area contributed by atoms with Crippen LogP contribution >= 0.6 is 11.3 Å². The molecule has 0 spiro atoms. The molecule has 3 nitrogen and oxygen atoms in total. The molecule has 0 unspecified atom stereocenters. The van der Waals surface area contributed by atoms with Crippen molar-refractivity contribution in [3.05, 3.63) is 46.3 Å². The zero-order valence-electron chi connectivity index (χ0n) is 12.1. The van der Waals surface area contributed by atoms with E-state index in [1.807, 2.05) is 11.7 Å². The molecular formula is C16H17N3S. The van der Waals surface area contributed by atoms with E-state index < -0.39 is 0 Å². The molecule has 0 saturated heterocycles. The fourth-order valence-electron chi connectivity index (χ4n) is 2.46. The van der Waals surface area contributed by atoms with E-state index in [-0.39, 0.29) is 0 Å². The SMILES string of the molecule is Cc1ccsc1-c1nc(-c2c(C)cccc2C)nn1C. The van der Waals surface area contributed by atoms with Crippen LogP contribution in [0.1, 0.15) is 16.7 Å². The number of aryl methyl sites for hydroxylation is 4. The lowest BCUT2D eigenvalue weighted by molar-refractivity contribution is 0.778. The van der Waals surface area contributed by atoms with Gasteiger partial charge in [0, 0.05) is 12.6 Å². The van der Waals surface area contributed by atoms with Crippen LogP contribution in [0, 0.1) is 20.8 Å². The Hall–Kier alpha value is -1.94. The van der Waals surface area contributed by atoms with Crippen molar-refractivity contribution in [2.45, 2.75) is 20.8 Å². The number of thiophene rings is 1. The van der Waals surface area contributed by atoms with Crippen LogP contribution in [0.25, 0.3) is 22.1 Å². The van der Waals surface area contributed by atoms with Gasteiger partial charge in [-0.05, 0) is 48.9 Å². The minimum absolute atomic E-state index is 0.811. The second kappa shape index (κ2) is 4.87. The predicted octanol–water partition coefficient (Wildman–Crippen LogP) is 4.14. The van der Waals surface area contributed by atoms with Gasteiger partial charge in [0.1, 0.15) is 0 Å². The first-order chi connectivity index (χ1) is 9.58. The van der Waals surface area contributed by atoms with Gasteiger partial charge in [-0.2, -0.15) is 5.10 Å². The number of nitrogens with zero attached hydrogens (tertiary/aromatic N) is 3. The molecule has 3 rings (SSSR count). The van der Waals surface area contributed by atoms with E-state index in [2.05, 4.69) is 55.5 Å². The molecule has 0 fully saturated rings. The first-order valence-corrected chi connectivity index (χ1v) is 7.48. The molecule has 0 radical (unpaired) electrons. The van der Waals surface area contributed by atoms with Gasteiger partial charge in [-0.3, -0.25) is 0 Å². The minimum Gasteiger partial charge on any atom is -0.248 e. The van der Waals surface area contributed by atoms with Crippen molar-refractivity contribution in [2.75, 3.05) is 0 Å². The van der Waals surface area contributed by atoms with Crippen LogP contribution in [0.5, 0.6) is 0 Å². The van der Waals surface area contributed by atoms with Gasteiger partial charge in [-0.25, -0.2) is 9.67 Å². The minimum atomic E-state index is 0.811.